The summed E-state index contributed by atoms with van der Waals surface area (Å²) in [6, 6.07) is 10.0. The molecule has 0 saturated carbocycles. The summed E-state index contributed by atoms with van der Waals surface area (Å²) in [5, 5.41) is 7.41. The van der Waals surface area contributed by atoms with Crippen LogP contribution >= 0.6 is 11.8 Å². The van der Waals surface area contributed by atoms with Crippen molar-refractivity contribution in [3.05, 3.63) is 59.7 Å². The lowest BCUT2D eigenvalue weighted by Crippen LogP contribution is -2.12. The van der Waals surface area contributed by atoms with Crippen LogP contribution in [0, 0.1) is 17.0 Å². The van der Waals surface area contributed by atoms with Gasteiger partial charge in [0, 0.05) is 15.4 Å². The summed E-state index contributed by atoms with van der Waals surface area (Å²) in [6.07, 6.45) is 0. The molecule has 0 amide bonds. The van der Waals surface area contributed by atoms with E-state index in [1.165, 1.54) is 36.0 Å². The van der Waals surface area contributed by atoms with Gasteiger partial charge in [0.15, 0.2) is 0 Å². The number of hydrogen-bond acceptors (Lipinski definition) is 2. The molecule has 0 unspecified atom stereocenters. The highest BCUT2D eigenvalue weighted by Crippen LogP contribution is 2.30. The van der Waals surface area contributed by atoms with Gasteiger partial charge in [-0.3, -0.25) is 5.41 Å². The summed E-state index contributed by atoms with van der Waals surface area (Å²) in [6.45, 7) is 0. The monoisotopic (exact) mass is 264 g/mol. The molecule has 0 aromatic heterocycles. The van der Waals surface area contributed by atoms with Crippen molar-refractivity contribution in [3.63, 3.8) is 0 Å². The molecule has 0 aliphatic heterocycles. The van der Waals surface area contributed by atoms with E-state index in [1.807, 2.05) is 0 Å². The Morgan fingerprint density at radius 3 is 2.22 bits per heavy atom. The second-order valence-corrected chi connectivity index (χ2v) is 4.73. The molecular weight excluding hydrogens is 254 g/mol. The summed E-state index contributed by atoms with van der Waals surface area (Å²) in [5.41, 5.74) is 5.74. The molecule has 2 rings (SSSR count). The fourth-order valence-electron chi connectivity index (χ4n) is 1.43. The van der Waals surface area contributed by atoms with Crippen molar-refractivity contribution in [2.24, 2.45) is 5.73 Å². The fourth-order valence-corrected chi connectivity index (χ4v) is 2.37. The third kappa shape index (κ3) is 2.87. The van der Waals surface area contributed by atoms with Crippen molar-refractivity contribution in [2.45, 2.75) is 9.79 Å². The van der Waals surface area contributed by atoms with Gasteiger partial charge in [-0.15, -0.1) is 0 Å². The molecule has 0 radical (unpaired) electrons. The molecule has 0 fully saturated rings. The Kier molecular flexibility index (Phi) is 3.62. The van der Waals surface area contributed by atoms with Crippen LogP contribution in [0.4, 0.5) is 8.78 Å². The zero-order valence-electron chi connectivity index (χ0n) is 9.28. The molecule has 0 aliphatic rings. The molecule has 0 aliphatic carbocycles. The number of halogens is 2. The molecule has 3 N–H and O–H groups in total. The molecular formula is C13H10F2N2S. The Labute approximate surface area is 107 Å². The van der Waals surface area contributed by atoms with E-state index >= 15 is 0 Å². The number of benzene rings is 2. The largest absolute Gasteiger partial charge is 0.384 e. The van der Waals surface area contributed by atoms with Gasteiger partial charge >= 0.3 is 0 Å². The number of nitrogens with two attached hydrogens (primary N) is 1. The van der Waals surface area contributed by atoms with Crippen LogP contribution in [0.2, 0.25) is 0 Å². The predicted molar refractivity (Wildman–Crippen MR) is 67.9 cm³/mol. The first-order chi connectivity index (χ1) is 8.56. The first kappa shape index (κ1) is 12.6. The second kappa shape index (κ2) is 5.18. The lowest BCUT2D eigenvalue weighted by atomic mass is 10.2. The molecule has 92 valence electrons. The van der Waals surface area contributed by atoms with Gasteiger partial charge in [-0.2, -0.15) is 0 Å². The Morgan fingerprint density at radius 1 is 1.00 bits per heavy atom. The number of hydrogen-bond donors (Lipinski definition) is 2. The van der Waals surface area contributed by atoms with E-state index in [4.69, 9.17) is 11.1 Å². The smallest absolute Gasteiger partial charge is 0.124 e. The maximum atomic E-state index is 13.1. The zero-order valence-corrected chi connectivity index (χ0v) is 10.1. The van der Waals surface area contributed by atoms with Gasteiger partial charge in [-0.1, -0.05) is 11.8 Å². The molecule has 18 heavy (non-hydrogen) atoms. The molecule has 5 heteroatoms. The molecule has 0 saturated heterocycles. The summed E-state index contributed by atoms with van der Waals surface area (Å²) in [5.74, 6) is -0.951. The third-order valence-corrected chi connectivity index (χ3v) is 3.36. The zero-order chi connectivity index (χ0) is 13.1. The van der Waals surface area contributed by atoms with Crippen LogP contribution in [-0.4, -0.2) is 5.84 Å². The van der Waals surface area contributed by atoms with E-state index in [9.17, 15) is 8.78 Å². The van der Waals surface area contributed by atoms with Gasteiger partial charge in [0.25, 0.3) is 0 Å². The van der Waals surface area contributed by atoms with Crippen molar-refractivity contribution in [1.82, 2.24) is 0 Å². The lowest BCUT2D eigenvalue weighted by Gasteiger charge is -2.08. The van der Waals surface area contributed by atoms with Crippen molar-refractivity contribution in [2.75, 3.05) is 0 Å². The highest BCUT2D eigenvalue weighted by Gasteiger charge is 2.08. The van der Waals surface area contributed by atoms with E-state index in [1.54, 1.807) is 18.2 Å². The topological polar surface area (TPSA) is 49.9 Å². The van der Waals surface area contributed by atoms with Crippen LogP contribution in [0.5, 0.6) is 0 Å². The molecule has 0 atom stereocenters. The van der Waals surface area contributed by atoms with Crippen LogP contribution in [-0.2, 0) is 0 Å². The molecule has 0 bridgehead atoms. The Morgan fingerprint density at radius 2 is 1.61 bits per heavy atom. The van der Waals surface area contributed by atoms with Crippen molar-refractivity contribution in [1.29, 1.82) is 5.41 Å². The average Bonchev–Trinajstić information content (AvgIpc) is 2.34. The standard InChI is InChI=1S/C13H10F2N2S/c14-8-1-4-10(5-2-8)18-12-6-3-9(15)7-11(12)13(16)17/h1-7H,(H3,16,17). The highest BCUT2D eigenvalue weighted by molar-refractivity contribution is 7.99. The van der Waals surface area contributed by atoms with Crippen molar-refractivity contribution in [3.8, 4) is 0 Å². The van der Waals surface area contributed by atoms with Crippen LogP contribution in [0.25, 0.3) is 0 Å². The normalized spacial score (nSPS) is 10.3. The SMILES string of the molecule is N=C(N)c1cc(F)ccc1Sc1ccc(F)cc1. The summed E-state index contributed by atoms with van der Waals surface area (Å²) in [7, 11) is 0. The van der Waals surface area contributed by atoms with Gasteiger partial charge in [-0.25, -0.2) is 8.78 Å². The minimum Gasteiger partial charge on any atom is -0.384 e. The maximum Gasteiger partial charge on any atom is 0.124 e. The number of nitrogen functional groups attached to an aromatic ring is 1. The highest BCUT2D eigenvalue weighted by atomic mass is 32.2. The van der Waals surface area contributed by atoms with E-state index in [0.717, 1.165) is 4.90 Å². The Balaban J connectivity index is 2.34. The second-order valence-electron chi connectivity index (χ2n) is 3.61. The lowest BCUT2D eigenvalue weighted by molar-refractivity contribution is 0.626. The van der Waals surface area contributed by atoms with Crippen LogP contribution in [0.1, 0.15) is 5.56 Å². The van der Waals surface area contributed by atoms with Gasteiger partial charge in [0.1, 0.15) is 17.5 Å². The third-order valence-electron chi connectivity index (χ3n) is 2.27. The fraction of sp³-hybridized carbons (Fsp3) is 0. The average molecular weight is 264 g/mol. The maximum absolute atomic E-state index is 13.1. The number of nitrogens with one attached hydrogen (secondary N) is 1. The molecule has 2 nitrogen and oxygen atoms in total. The first-order valence-electron chi connectivity index (χ1n) is 5.13. The predicted octanol–water partition coefficient (Wildman–Crippen LogP) is 3.40. The summed E-state index contributed by atoms with van der Waals surface area (Å²) in [4.78, 5) is 1.46. The van der Waals surface area contributed by atoms with Crippen molar-refractivity contribution < 1.29 is 8.78 Å². The van der Waals surface area contributed by atoms with Gasteiger partial charge in [-0.05, 0) is 42.5 Å². The minimum absolute atomic E-state index is 0.195. The van der Waals surface area contributed by atoms with Crippen LogP contribution in [0.3, 0.4) is 0 Å². The van der Waals surface area contributed by atoms with E-state index in [2.05, 4.69) is 0 Å². The van der Waals surface area contributed by atoms with Gasteiger partial charge < -0.3 is 5.73 Å². The Bertz CT molecular complexity index is 582. The molecule has 0 spiro atoms. The Hall–Kier alpha value is -1.88. The van der Waals surface area contributed by atoms with E-state index in [-0.39, 0.29) is 11.7 Å². The minimum atomic E-state index is -0.441. The van der Waals surface area contributed by atoms with Crippen LogP contribution in [0.15, 0.2) is 52.3 Å². The summed E-state index contributed by atoms with van der Waals surface area (Å²) >= 11 is 1.31. The number of rotatable bonds is 3. The number of amidine groups is 1. The van der Waals surface area contributed by atoms with Crippen molar-refractivity contribution >= 4 is 17.6 Å². The van der Waals surface area contributed by atoms with Gasteiger partial charge in [0.05, 0.1) is 0 Å². The summed E-state index contributed by atoms with van der Waals surface area (Å²) < 4.78 is 25.9. The molecule has 2 aromatic carbocycles. The van der Waals surface area contributed by atoms with E-state index < -0.39 is 5.82 Å². The van der Waals surface area contributed by atoms with Crippen LogP contribution < -0.4 is 5.73 Å². The molecule has 2 aromatic rings. The van der Waals surface area contributed by atoms with Gasteiger partial charge in [0.2, 0.25) is 0 Å². The first-order valence-corrected chi connectivity index (χ1v) is 5.95. The quantitative estimate of drug-likeness (QED) is 0.659. The molecule has 0 heterocycles. The van der Waals surface area contributed by atoms with E-state index in [0.29, 0.717) is 10.5 Å².